The van der Waals surface area contributed by atoms with E-state index in [1.165, 1.54) is 18.4 Å². The lowest BCUT2D eigenvalue weighted by Gasteiger charge is -2.58. The molecule has 2 saturated heterocycles. The van der Waals surface area contributed by atoms with E-state index in [2.05, 4.69) is 26.8 Å². The number of ketones is 1. The normalized spacial score (nSPS) is 51.8. The molecule has 4 aliphatic carbocycles. The van der Waals surface area contributed by atoms with Crippen molar-refractivity contribution in [2.75, 3.05) is 20.3 Å². The van der Waals surface area contributed by atoms with Crippen LogP contribution >= 0.6 is 0 Å². The number of fused-ring (bicyclic) bond motifs is 7. The third-order valence-corrected chi connectivity index (χ3v) is 11.5. The van der Waals surface area contributed by atoms with Crippen molar-refractivity contribution in [1.82, 2.24) is 0 Å². The molecule has 4 fully saturated rings. The van der Waals surface area contributed by atoms with Gasteiger partial charge < -0.3 is 14.2 Å². The molecule has 5 heteroatoms. The minimum atomic E-state index is -0.489. The Morgan fingerprint density at radius 1 is 1.06 bits per heavy atom. The maximum Gasteiger partial charge on any atom is 0.314 e. The van der Waals surface area contributed by atoms with Gasteiger partial charge in [0.2, 0.25) is 0 Å². The van der Waals surface area contributed by atoms with Crippen molar-refractivity contribution in [1.29, 1.82) is 0 Å². The first-order valence-corrected chi connectivity index (χ1v) is 13.5. The number of esters is 1. The van der Waals surface area contributed by atoms with Gasteiger partial charge in [-0.05, 0) is 87.5 Å². The van der Waals surface area contributed by atoms with Crippen LogP contribution in [0.25, 0.3) is 0 Å². The molecule has 5 unspecified atom stereocenters. The number of carbonyl (C=O) groups excluding carboxylic acids is 2. The number of allylic oxidation sites excluding steroid dienone is 4. The zero-order chi connectivity index (χ0) is 23.9. The van der Waals surface area contributed by atoms with Gasteiger partial charge in [-0.3, -0.25) is 9.59 Å². The fourth-order valence-electron chi connectivity index (χ4n) is 9.55. The highest BCUT2D eigenvalue weighted by atomic mass is 16.6. The molecule has 2 saturated carbocycles. The Morgan fingerprint density at radius 2 is 1.82 bits per heavy atom. The SMILES string of the molecule is COCC1C(=O)O[C@@H]2C[C@@]1(C)OC[C@H]2C1CCC2C3CC=C4CC=CC(=O)[C@]4(C)C3CC[C@@]21C. The van der Waals surface area contributed by atoms with E-state index in [-0.39, 0.29) is 34.7 Å². The van der Waals surface area contributed by atoms with Crippen molar-refractivity contribution >= 4 is 11.8 Å². The van der Waals surface area contributed by atoms with Crippen molar-refractivity contribution in [3.8, 4) is 0 Å². The van der Waals surface area contributed by atoms with Gasteiger partial charge >= 0.3 is 5.97 Å². The molecular weight excluding hydrogens is 428 g/mol. The zero-order valence-corrected chi connectivity index (χ0v) is 21.2. The molecule has 0 amide bonds. The predicted molar refractivity (Wildman–Crippen MR) is 128 cm³/mol. The van der Waals surface area contributed by atoms with Crippen LogP contribution in [0.3, 0.4) is 0 Å². The summed E-state index contributed by atoms with van der Waals surface area (Å²) in [5.74, 6) is 2.23. The van der Waals surface area contributed by atoms with Crippen LogP contribution in [0.15, 0.2) is 23.8 Å². The van der Waals surface area contributed by atoms with Gasteiger partial charge in [-0.1, -0.05) is 24.6 Å². The first kappa shape index (κ1) is 23.0. The second-order valence-electron chi connectivity index (χ2n) is 12.7. The molecule has 2 bridgehead atoms. The average molecular weight is 469 g/mol. The standard InChI is InChI=1S/C29H40O5/c1-27-13-12-22-18(9-8-17-6-5-7-25(30)29(17,22)3)20(27)10-11-21(27)19-15-33-28(2)14-24(19)34-26(31)23(28)16-32-4/h5,7-8,18-24H,6,9-16H2,1-4H3/t18?,19-,20?,21?,22?,23?,24+,27-,28+,29-/m0/s1. The number of hydrogen-bond donors (Lipinski definition) is 0. The molecule has 0 aromatic rings. The van der Waals surface area contributed by atoms with E-state index in [0.717, 1.165) is 32.1 Å². The molecule has 186 valence electrons. The molecule has 6 aliphatic rings. The minimum Gasteiger partial charge on any atom is -0.461 e. The van der Waals surface area contributed by atoms with Crippen molar-refractivity contribution in [3.05, 3.63) is 23.8 Å². The highest BCUT2D eigenvalue weighted by molar-refractivity contribution is 5.98. The van der Waals surface area contributed by atoms with Crippen LogP contribution in [0.2, 0.25) is 0 Å². The van der Waals surface area contributed by atoms with E-state index in [0.29, 0.717) is 42.7 Å². The highest BCUT2D eigenvalue weighted by Gasteiger charge is 2.63. The van der Waals surface area contributed by atoms with Crippen LogP contribution in [0.4, 0.5) is 0 Å². The van der Waals surface area contributed by atoms with Gasteiger partial charge in [0, 0.05) is 19.4 Å². The van der Waals surface area contributed by atoms with Crippen LogP contribution in [-0.4, -0.2) is 43.8 Å². The summed E-state index contributed by atoms with van der Waals surface area (Å²) < 4.78 is 17.9. The number of hydrogen-bond acceptors (Lipinski definition) is 5. The fraction of sp³-hybridized carbons (Fsp3) is 0.793. The predicted octanol–water partition coefficient (Wildman–Crippen LogP) is 4.89. The maximum absolute atomic E-state index is 13.1. The zero-order valence-electron chi connectivity index (χ0n) is 21.2. The highest BCUT2D eigenvalue weighted by Crippen LogP contribution is 2.67. The molecule has 0 spiro atoms. The summed E-state index contributed by atoms with van der Waals surface area (Å²) in [5.41, 5.74) is 0.784. The Hall–Kier alpha value is -1.46. The Labute approximate surface area is 203 Å². The third kappa shape index (κ3) is 2.98. The lowest BCUT2D eigenvalue weighted by atomic mass is 9.47. The molecule has 0 aromatic carbocycles. The van der Waals surface area contributed by atoms with E-state index in [1.807, 2.05) is 12.2 Å². The van der Waals surface area contributed by atoms with Crippen molar-refractivity contribution < 1.29 is 23.8 Å². The molecule has 0 radical (unpaired) electrons. The van der Waals surface area contributed by atoms with E-state index >= 15 is 0 Å². The number of carbonyl (C=O) groups is 2. The lowest BCUT2D eigenvalue weighted by Crippen LogP contribution is -2.61. The van der Waals surface area contributed by atoms with Crippen molar-refractivity contribution in [2.45, 2.75) is 77.4 Å². The van der Waals surface area contributed by atoms with Gasteiger partial charge in [0.15, 0.2) is 5.78 Å². The number of ether oxygens (including phenoxy) is 3. The van der Waals surface area contributed by atoms with Gasteiger partial charge in [0.25, 0.3) is 0 Å². The molecular formula is C29H40O5. The summed E-state index contributed by atoms with van der Waals surface area (Å²) in [7, 11) is 1.63. The van der Waals surface area contributed by atoms with Crippen LogP contribution in [0.1, 0.15) is 65.7 Å². The van der Waals surface area contributed by atoms with Crippen LogP contribution in [0, 0.1) is 46.3 Å². The largest absolute Gasteiger partial charge is 0.461 e. The summed E-state index contributed by atoms with van der Waals surface area (Å²) in [5, 5.41) is 0. The van der Waals surface area contributed by atoms with Crippen molar-refractivity contribution in [2.24, 2.45) is 46.3 Å². The molecule has 0 N–H and O–H groups in total. The quantitative estimate of drug-likeness (QED) is 0.436. The molecule has 5 nitrogen and oxygen atoms in total. The molecule has 34 heavy (non-hydrogen) atoms. The summed E-state index contributed by atoms with van der Waals surface area (Å²) >= 11 is 0. The minimum absolute atomic E-state index is 0.0573. The lowest BCUT2D eigenvalue weighted by molar-refractivity contribution is -0.241. The van der Waals surface area contributed by atoms with Crippen molar-refractivity contribution in [3.63, 3.8) is 0 Å². The van der Waals surface area contributed by atoms with Gasteiger partial charge in [-0.25, -0.2) is 0 Å². The number of rotatable bonds is 3. The van der Waals surface area contributed by atoms with E-state index < -0.39 is 5.60 Å². The first-order valence-electron chi connectivity index (χ1n) is 13.5. The Bertz CT molecular complexity index is 952. The third-order valence-electron chi connectivity index (χ3n) is 11.5. The summed E-state index contributed by atoms with van der Waals surface area (Å²) in [4.78, 5) is 26.0. The van der Waals surface area contributed by atoms with Crippen LogP contribution in [0.5, 0.6) is 0 Å². The van der Waals surface area contributed by atoms with E-state index in [1.54, 1.807) is 7.11 Å². The average Bonchev–Trinajstić information content (AvgIpc) is 3.15. The Morgan fingerprint density at radius 3 is 2.59 bits per heavy atom. The van der Waals surface area contributed by atoms with Crippen LogP contribution < -0.4 is 0 Å². The Kier molecular flexibility index (Phi) is 5.25. The Balaban J connectivity index is 1.25. The molecule has 6 rings (SSSR count). The monoisotopic (exact) mass is 468 g/mol. The molecule has 2 heterocycles. The second-order valence-corrected chi connectivity index (χ2v) is 12.7. The summed E-state index contributed by atoms with van der Waals surface area (Å²) in [6.45, 7) is 7.81. The smallest absolute Gasteiger partial charge is 0.314 e. The second kappa shape index (κ2) is 7.77. The van der Waals surface area contributed by atoms with E-state index in [4.69, 9.17) is 14.2 Å². The maximum atomic E-state index is 13.1. The van der Waals surface area contributed by atoms with Crippen LogP contribution in [-0.2, 0) is 23.8 Å². The van der Waals surface area contributed by atoms with Gasteiger partial charge in [-0.15, -0.1) is 0 Å². The van der Waals surface area contributed by atoms with Gasteiger partial charge in [0.1, 0.15) is 12.0 Å². The molecule has 0 aromatic heterocycles. The number of methoxy groups -OCH3 is 1. The molecule has 2 aliphatic heterocycles. The topological polar surface area (TPSA) is 61.8 Å². The summed E-state index contributed by atoms with van der Waals surface area (Å²) in [6.07, 6.45) is 13.7. The van der Waals surface area contributed by atoms with Gasteiger partial charge in [0.05, 0.1) is 24.2 Å². The molecule has 10 atom stereocenters. The summed E-state index contributed by atoms with van der Waals surface area (Å²) in [6, 6.07) is 0. The van der Waals surface area contributed by atoms with E-state index in [9.17, 15) is 9.59 Å². The fourth-order valence-corrected chi connectivity index (χ4v) is 9.55. The van der Waals surface area contributed by atoms with Gasteiger partial charge in [-0.2, -0.15) is 0 Å². The first-order chi connectivity index (χ1) is 16.2.